The first kappa shape index (κ1) is 15.1. The second-order valence-corrected chi connectivity index (χ2v) is 7.50. The van der Waals surface area contributed by atoms with Gasteiger partial charge in [-0.1, -0.05) is 24.6 Å². The fraction of sp³-hybridized carbons (Fsp3) is 0.529. The van der Waals surface area contributed by atoms with E-state index in [-0.39, 0.29) is 11.5 Å². The van der Waals surface area contributed by atoms with Crippen molar-refractivity contribution in [2.75, 3.05) is 0 Å². The number of fused-ring (bicyclic) bond motifs is 2. The molecule has 3 atom stereocenters. The van der Waals surface area contributed by atoms with Gasteiger partial charge in [0.2, 0.25) is 0 Å². The van der Waals surface area contributed by atoms with Gasteiger partial charge in [0.15, 0.2) is 11.5 Å². The molecule has 6 heteroatoms. The smallest absolute Gasteiger partial charge is 0.176 e. The van der Waals surface area contributed by atoms with Crippen molar-refractivity contribution >= 4 is 22.6 Å². The first-order valence-electron chi connectivity index (χ1n) is 7.81. The van der Waals surface area contributed by atoms with Crippen LogP contribution in [0.25, 0.3) is 11.0 Å². The van der Waals surface area contributed by atoms with Crippen molar-refractivity contribution in [2.45, 2.75) is 51.2 Å². The van der Waals surface area contributed by atoms with Gasteiger partial charge in [0.1, 0.15) is 23.2 Å². The van der Waals surface area contributed by atoms with Crippen molar-refractivity contribution in [3.63, 3.8) is 0 Å². The molecule has 122 valence electrons. The number of hydrogen-bond donors (Lipinski definition) is 0. The van der Waals surface area contributed by atoms with E-state index in [1.807, 2.05) is 32.2 Å². The van der Waals surface area contributed by atoms with Crippen LogP contribution in [0.15, 0.2) is 31.2 Å². The summed E-state index contributed by atoms with van der Waals surface area (Å²) in [5.41, 5.74) is 0.0113. The van der Waals surface area contributed by atoms with Crippen LogP contribution in [-0.4, -0.2) is 26.4 Å². The number of nitrogens with zero attached hydrogens (tertiary/aromatic N) is 3. The van der Waals surface area contributed by atoms with Crippen molar-refractivity contribution in [2.24, 2.45) is 5.41 Å². The number of ether oxygens (including phenoxy) is 2. The number of halogens is 1. The highest BCUT2D eigenvalue weighted by atomic mass is 35.5. The largest absolute Gasteiger partial charge is 0.341 e. The predicted molar refractivity (Wildman–Crippen MR) is 88.1 cm³/mol. The van der Waals surface area contributed by atoms with Crippen LogP contribution in [0.1, 0.15) is 33.6 Å². The summed E-state index contributed by atoms with van der Waals surface area (Å²) < 4.78 is 14.8. The van der Waals surface area contributed by atoms with Crippen molar-refractivity contribution in [3.05, 3.63) is 36.4 Å². The summed E-state index contributed by atoms with van der Waals surface area (Å²) in [6.07, 6.45) is 7.07. The van der Waals surface area contributed by atoms with Gasteiger partial charge in [-0.05, 0) is 32.8 Å². The van der Waals surface area contributed by atoms with Crippen LogP contribution in [-0.2, 0) is 15.2 Å². The fourth-order valence-electron chi connectivity index (χ4n) is 4.02. The first-order chi connectivity index (χ1) is 10.8. The van der Waals surface area contributed by atoms with Crippen molar-refractivity contribution in [3.8, 4) is 0 Å². The summed E-state index contributed by atoms with van der Waals surface area (Å²) in [6, 6.07) is 1.93. The van der Waals surface area contributed by atoms with E-state index in [2.05, 4.69) is 28.0 Å². The zero-order chi connectivity index (χ0) is 16.5. The summed E-state index contributed by atoms with van der Waals surface area (Å²) in [6.45, 7) is 10.1. The highest BCUT2D eigenvalue weighted by molar-refractivity contribution is 6.33. The van der Waals surface area contributed by atoms with Crippen molar-refractivity contribution in [1.29, 1.82) is 0 Å². The van der Waals surface area contributed by atoms with Gasteiger partial charge >= 0.3 is 0 Å². The molecule has 0 bridgehead atoms. The third-order valence-corrected chi connectivity index (χ3v) is 5.46. The van der Waals surface area contributed by atoms with Crippen LogP contribution in [0.3, 0.4) is 0 Å². The van der Waals surface area contributed by atoms with Gasteiger partial charge in [-0.15, -0.1) is 6.58 Å². The van der Waals surface area contributed by atoms with Gasteiger partial charge in [-0.3, -0.25) is 0 Å². The van der Waals surface area contributed by atoms with Crippen molar-refractivity contribution < 1.29 is 9.47 Å². The summed E-state index contributed by atoms with van der Waals surface area (Å²) in [5.74, 6) is -0.664. The molecule has 23 heavy (non-hydrogen) atoms. The van der Waals surface area contributed by atoms with Gasteiger partial charge in [-0.25, -0.2) is 9.97 Å². The molecule has 0 aromatic carbocycles. The molecule has 0 spiro atoms. The normalized spacial score (nSPS) is 35.6. The Morgan fingerprint density at radius 2 is 2.13 bits per heavy atom. The minimum atomic E-state index is -0.664. The highest BCUT2D eigenvalue weighted by Crippen LogP contribution is 2.58. The number of aromatic nitrogens is 3. The van der Waals surface area contributed by atoms with Gasteiger partial charge in [0, 0.05) is 11.6 Å². The molecule has 1 aliphatic heterocycles. The molecule has 2 fully saturated rings. The molecule has 0 radical (unpaired) electrons. The Balaban J connectivity index is 1.94. The monoisotopic (exact) mass is 333 g/mol. The lowest BCUT2D eigenvalue weighted by Crippen LogP contribution is -2.43. The van der Waals surface area contributed by atoms with E-state index < -0.39 is 11.5 Å². The lowest BCUT2D eigenvalue weighted by Gasteiger charge is -2.33. The van der Waals surface area contributed by atoms with E-state index in [1.165, 1.54) is 6.33 Å². The zero-order valence-electron chi connectivity index (χ0n) is 13.5. The molecule has 2 aromatic rings. The topological polar surface area (TPSA) is 49.2 Å². The Kier molecular flexibility index (Phi) is 3.00. The third kappa shape index (κ3) is 1.93. The maximum atomic E-state index is 6.44. The van der Waals surface area contributed by atoms with Crippen LogP contribution in [0, 0.1) is 5.41 Å². The molecule has 3 heterocycles. The molecule has 4 rings (SSSR count). The van der Waals surface area contributed by atoms with Crippen LogP contribution in [0.4, 0.5) is 0 Å². The molecular weight excluding hydrogens is 314 g/mol. The minimum absolute atomic E-state index is 0.133. The maximum absolute atomic E-state index is 6.44. The van der Waals surface area contributed by atoms with Crippen LogP contribution in [0.2, 0.25) is 5.15 Å². The quantitative estimate of drug-likeness (QED) is 0.618. The summed E-state index contributed by atoms with van der Waals surface area (Å²) in [4.78, 5) is 8.49. The summed E-state index contributed by atoms with van der Waals surface area (Å²) >= 11 is 6.20. The number of rotatable bonds is 2. The lowest BCUT2D eigenvalue weighted by molar-refractivity contribution is -0.188. The zero-order valence-corrected chi connectivity index (χ0v) is 14.3. The molecule has 2 aromatic heterocycles. The summed E-state index contributed by atoms with van der Waals surface area (Å²) in [7, 11) is 0. The molecule has 0 N–H and O–H groups in total. The van der Waals surface area contributed by atoms with Crippen LogP contribution >= 0.6 is 11.6 Å². The Hall–Kier alpha value is -1.43. The maximum Gasteiger partial charge on any atom is 0.176 e. The SMILES string of the molecule is C=C[C@@]1(C)CC[C@@]2(n3ccc4c(Cl)ncnc43)OC(C)(C)O[C@H]12. The predicted octanol–water partition coefficient (Wildman–Crippen LogP) is 3.88. The molecule has 1 saturated carbocycles. The van der Waals surface area contributed by atoms with Gasteiger partial charge in [-0.2, -0.15) is 0 Å². The van der Waals surface area contributed by atoms with E-state index in [9.17, 15) is 0 Å². The van der Waals surface area contributed by atoms with E-state index in [4.69, 9.17) is 21.1 Å². The highest BCUT2D eigenvalue weighted by Gasteiger charge is 2.64. The third-order valence-electron chi connectivity index (χ3n) is 5.16. The Morgan fingerprint density at radius 1 is 1.35 bits per heavy atom. The molecule has 5 nitrogen and oxygen atoms in total. The first-order valence-corrected chi connectivity index (χ1v) is 8.19. The number of hydrogen-bond acceptors (Lipinski definition) is 4. The Bertz CT molecular complexity index is 802. The lowest BCUT2D eigenvalue weighted by atomic mass is 9.85. The molecule has 1 saturated heterocycles. The molecule has 0 unspecified atom stereocenters. The van der Waals surface area contributed by atoms with E-state index in [0.717, 1.165) is 23.9 Å². The van der Waals surface area contributed by atoms with Gasteiger partial charge in [0.25, 0.3) is 0 Å². The fourth-order valence-corrected chi connectivity index (χ4v) is 4.21. The van der Waals surface area contributed by atoms with Crippen LogP contribution < -0.4 is 0 Å². The van der Waals surface area contributed by atoms with E-state index >= 15 is 0 Å². The second-order valence-electron chi connectivity index (χ2n) is 7.14. The van der Waals surface area contributed by atoms with E-state index in [1.54, 1.807) is 0 Å². The Labute approximate surface area is 140 Å². The molecule has 1 aliphatic carbocycles. The van der Waals surface area contributed by atoms with Gasteiger partial charge < -0.3 is 14.0 Å². The van der Waals surface area contributed by atoms with Crippen molar-refractivity contribution in [1.82, 2.24) is 14.5 Å². The molecule has 2 aliphatic rings. The Morgan fingerprint density at radius 3 is 2.87 bits per heavy atom. The summed E-state index contributed by atoms with van der Waals surface area (Å²) in [5, 5.41) is 1.27. The molecular formula is C17H20ClN3O2. The van der Waals surface area contributed by atoms with E-state index in [0.29, 0.717) is 5.15 Å². The standard InChI is InChI=1S/C17H20ClN3O2/c1-5-16(4)7-8-17(14(16)22-15(2,3)23-17)21-9-6-11-12(18)19-10-20-13(11)21/h5-6,9-10,14H,1,7-8H2,2-4H3/t14-,16+,17-/m1/s1. The second kappa shape index (κ2) is 4.56. The van der Waals surface area contributed by atoms with Crippen LogP contribution in [0.5, 0.6) is 0 Å². The molecule has 0 amide bonds. The minimum Gasteiger partial charge on any atom is -0.341 e. The van der Waals surface area contributed by atoms with Gasteiger partial charge in [0.05, 0.1) is 5.39 Å². The average Bonchev–Trinajstić information content (AvgIpc) is 3.12. The average molecular weight is 334 g/mol.